The molecule has 1 heterocycles. The number of nitriles is 1. The molecule has 7 heteroatoms. The van der Waals surface area contributed by atoms with Crippen molar-refractivity contribution >= 4 is 17.7 Å². The van der Waals surface area contributed by atoms with E-state index in [0.717, 1.165) is 5.56 Å². The zero-order valence-corrected chi connectivity index (χ0v) is 11.6. The first kappa shape index (κ1) is 16.2. The van der Waals surface area contributed by atoms with Crippen molar-refractivity contribution in [2.75, 3.05) is 11.9 Å². The summed E-state index contributed by atoms with van der Waals surface area (Å²) < 4.78 is 0. The molecule has 0 aliphatic rings. The van der Waals surface area contributed by atoms with Gasteiger partial charge in [0.2, 0.25) is 0 Å². The lowest BCUT2D eigenvalue weighted by atomic mass is 10.2. The van der Waals surface area contributed by atoms with Gasteiger partial charge in [0.15, 0.2) is 0 Å². The van der Waals surface area contributed by atoms with Gasteiger partial charge in [0.1, 0.15) is 17.5 Å². The van der Waals surface area contributed by atoms with E-state index in [1.54, 1.807) is 18.3 Å². The average molecular weight is 288 g/mol. The van der Waals surface area contributed by atoms with Crippen molar-refractivity contribution in [2.45, 2.75) is 19.8 Å². The van der Waals surface area contributed by atoms with Crippen LogP contribution in [-0.4, -0.2) is 28.5 Å². The normalized spacial score (nSPS) is 10.6. The fraction of sp³-hybridized carbons (Fsp3) is 0.286. The number of carbonyl (C=O) groups excluding carboxylic acids is 1. The van der Waals surface area contributed by atoms with Crippen LogP contribution in [0.5, 0.6) is 0 Å². The fourth-order valence-corrected chi connectivity index (χ4v) is 1.46. The van der Waals surface area contributed by atoms with Crippen LogP contribution in [0.2, 0.25) is 0 Å². The van der Waals surface area contributed by atoms with Gasteiger partial charge in [0.25, 0.3) is 5.91 Å². The summed E-state index contributed by atoms with van der Waals surface area (Å²) in [5.74, 6) is -0.916. The number of carbonyl (C=O) groups is 2. The second kappa shape index (κ2) is 8.32. The van der Waals surface area contributed by atoms with Gasteiger partial charge in [0, 0.05) is 25.4 Å². The summed E-state index contributed by atoms with van der Waals surface area (Å²) in [6.45, 7) is 2.05. The molecule has 1 rings (SSSR count). The van der Waals surface area contributed by atoms with Crippen molar-refractivity contribution in [3.8, 4) is 6.07 Å². The van der Waals surface area contributed by atoms with Gasteiger partial charge in [-0.25, -0.2) is 4.98 Å². The Morgan fingerprint density at radius 2 is 2.29 bits per heavy atom. The number of aliphatic carboxylic acids is 1. The molecule has 0 aromatic carbocycles. The summed E-state index contributed by atoms with van der Waals surface area (Å²) in [4.78, 5) is 26.1. The van der Waals surface area contributed by atoms with Crippen LogP contribution in [0.3, 0.4) is 0 Å². The quantitative estimate of drug-likeness (QED) is 0.394. The Kier molecular flexibility index (Phi) is 6.41. The third kappa shape index (κ3) is 5.74. The third-order valence-corrected chi connectivity index (χ3v) is 2.58. The molecule has 110 valence electrons. The Morgan fingerprint density at radius 3 is 2.90 bits per heavy atom. The molecule has 0 fully saturated rings. The molecular formula is C14H16N4O3. The van der Waals surface area contributed by atoms with E-state index in [1.165, 1.54) is 6.20 Å². The van der Waals surface area contributed by atoms with Gasteiger partial charge < -0.3 is 15.7 Å². The zero-order chi connectivity index (χ0) is 15.7. The van der Waals surface area contributed by atoms with Gasteiger partial charge in [-0.1, -0.05) is 6.07 Å². The van der Waals surface area contributed by atoms with Crippen LogP contribution in [-0.2, 0) is 9.59 Å². The van der Waals surface area contributed by atoms with Crippen LogP contribution < -0.4 is 10.6 Å². The Hall–Kier alpha value is -2.88. The Labute approximate surface area is 122 Å². The molecule has 0 aliphatic heterocycles. The van der Waals surface area contributed by atoms with E-state index >= 15 is 0 Å². The Morgan fingerprint density at radius 1 is 1.52 bits per heavy atom. The van der Waals surface area contributed by atoms with Crippen LogP contribution in [0.15, 0.2) is 30.1 Å². The number of amides is 1. The average Bonchev–Trinajstić information content (AvgIpc) is 2.46. The standard InChI is InChI=1S/C14H16N4O3/c1-10-4-2-6-16-13(10)18-9-11(8-15)14(21)17-7-3-5-12(19)20/h2,4,6,9H,3,5,7H2,1H3,(H,16,18)(H,17,21)(H,19,20)/b11-9-. The van der Waals surface area contributed by atoms with Gasteiger partial charge in [-0.3, -0.25) is 9.59 Å². The third-order valence-electron chi connectivity index (χ3n) is 2.58. The molecule has 3 N–H and O–H groups in total. The molecule has 0 bridgehead atoms. The molecule has 21 heavy (non-hydrogen) atoms. The molecule has 0 spiro atoms. The summed E-state index contributed by atoms with van der Waals surface area (Å²) in [5, 5.41) is 22.7. The SMILES string of the molecule is Cc1cccnc1N/C=C(/C#N)C(=O)NCCCC(=O)O. The lowest BCUT2D eigenvalue weighted by Crippen LogP contribution is -2.26. The maximum Gasteiger partial charge on any atom is 0.303 e. The summed E-state index contributed by atoms with van der Waals surface area (Å²) in [6, 6.07) is 5.41. The number of aromatic nitrogens is 1. The number of anilines is 1. The first-order valence-corrected chi connectivity index (χ1v) is 6.33. The lowest BCUT2D eigenvalue weighted by Gasteiger charge is -2.05. The molecule has 1 aromatic heterocycles. The van der Waals surface area contributed by atoms with Crippen molar-refractivity contribution in [1.29, 1.82) is 5.26 Å². The highest BCUT2D eigenvalue weighted by Crippen LogP contribution is 2.09. The first-order chi connectivity index (χ1) is 10.0. The van der Waals surface area contributed by atoms with Crippen molar-refractivity contribution in [1.82, 2.24) is 10.3 Å². The summed E-state index contributed by atoms with van der Waals surface area (Å²) in [5.41, 5.74) is 0.781. The van der Waals surface area contributed by atoms with Crippen LogP contribution in [0, 0.1) is 18.3 Å². The van der Waals surface area contributed by atoms with E-state index in [4.69, 9.17) is 10.4 Å². The molecule has 0 unspecified atom stereocenters. The Bertz CT molecular complexity index is 590. The number of carboxylic acid groups (broad SMARTS) is 1. The topological polar surface area (TPSA) is 115 Å². The number of pyridine rings is 1. The molecule has 0 atom stereocenters. The number of nitrogens with zero attached hydrogens (tertiary/aromatic N) is 2. The van der Waals surface area contributed by atoms with Crippen LogP contribution >= 0.6 is 0 Å². The van der Waals surface area contributed by atoms with Crippen LogP contribution in [0.1, 0.15) is 18.4 Å². The van der Waals surface area contributed by atoms with Crippen molar-refractivity contribution in [3.63, 3.8) is 0 Å². The van der Waals surface area contributed by atoms with Crippen molar-refractivity contribution in [2.24, 2.45) is 0 Å². The second-order valence-electron chi connectivity index (χ2n) is 4.24. The number of nitrogens with one attached hydrogen (secondary N) is 2. The van der Waals surface area contributed by atoms with Gasteiger partial charge in [0.05, 0.1) is 0 Å². The first-order valence-electron chi connectivity index (χ1n) is 6.33. The molecule has 7 nitrogen and oxygen atoms in total. The maximum atomic E-state index is 11.7. The highest BCUT2D eigenvalue weighted by atomic mass is 16.4. The molecular weight excluding hydrogens is 272 g/mol. The van der Waals surface area contributed by atoms with Gasteiger partial charge >= 0.3 is 5.97 Å². The minimum Gasteiger partial charge on any atom is -0.481 e. The van der Waals surface area contributed by atoms with E-state index < -0.39 is 11.9 Å². The molecule has 1 amide bonds. The van der Waals surface area contributed by atoms with E-state index in [2.05, 4.69) is 15.6 Å². The van der Waals surface area contributed by atoms with Gasteiger partial charge in [-0.15, -0.1) is 0 Å². The van der Waals surface area contributed by atoms with E-state index in [1.807, 2.05) is 13.0 Å². The summed E-state index contributed by atoms with van der Waals surface area (Å²) in [6.07, 6.45) is 3.16. The smallest absolute Gasteiger partial charge is 0.303 e. The number of aryl methyl sites for hydroxylation is 1. The largest absolute Gasteiger partial charge is 0.481 e. The van der Waals surface area contributed by atoms with Gasteiger partial charge in [-0.2, -0.15) is 5.26 Å². The second-order valence-corrected chi connectivity index (χ2v) is 4.24. The van der Waals surface area contributed by atoms with E-state index in [0.29, 0.717) is 12.2 Å². The van der Waals surface area contributed by atoms with Gasteiger partial charge in [-0.05, 0) is 25.0 Å². The molecule has 1 aromatic rings. The van der Waals surface area contributed by atoms with E-state index in [9.17, 15) is 9.59 Å². The fourth-order valence-electron chi connectivity index (χ4n) is 1.46. The predicted octanol–water partition coefficient (Wildman–Crippen LogP) is 1.19. The number of hydrogen-bond acceptors (Lipinski definition) is 5. The van der Waals surface area contributed by atoms with Crippen molar-refractivity contribution < 1.29 is 14.7 Å². The van der Waals surface area contributed by atoms with Crippen LogP contribution in [0.4, 0.5) is 5.82 Å². The van der Waals surface area contributed by atoms with Crippen molar-refractivity contribution in [3.05, 3.63) is 35.7 Å². The highest BCUT2D eigenvalue weighted by Gasteiger charge is 2.08. The maximum absolute atomic E-state index is 11.7. The monoisotopic (exact) mass is 288 g/mol. The molecule has 0 aliphatic carbocycles. The molecule has 0 saturated heterocycles. The number of hydrogen-bond donors (Lipinski definition) is 3. The zero-order valence-electron chi connectivity index (χ0n) is 11.6. The van der Waals surface area contributed by atoms with E-state index in [-0.39, 0.29) is 18.5 Å². The highest BCUT2D eigenvalue weighted by molar-refractivity contribution is 5.97. The minimum absolute atomic E-state index is 0.0305. The van der Waals surface area contributed by atoms with Crippen LogP contribution in [0.25, 0.3) is 0 Å². The number of carboxylic acids is 1. The summed E-state index contributed by atoms with van der Waals surface area (Å²) in [7, 11) is 0. The minimum atomic E-state index is -0.924. The Balaban J connectivity index is 2.55. The predicted molar refractivity (Wildman–Crippen MR) is 76.2 cm³/mol. The lowest BCUT2D eigenvalue weighted by molar-refractivity contribution is -0.137. The summed E-state index contributed by atoms with van der Waals surface area (Å²) >= 11 is 0. The molecule has 0 saturated carbocycles. The number of rotatable bonds is 7. The molecule has 0 radical (unpaired) electrons.